The minimum atomic E-state index is 0.847. The van der Waals surface area contributed by atoms with Crippen LogP contribution in [0, 0.1) is 0 Å². The normalized spacial score (nSPS) is 8.88. The quantitative estimate of drug-likeness (QED) is 0.773. The highest BCUT2D eigenvalue weighted by molar-refractivity contribution is 5.20. The number of aromatic nitrogens is 3. The van der Waals surface area contributed by atoms with Crippen molar-refractivity contribution in [3.63, 3.8) is 0 Å². The zero-order valence-electron chi connectivity index (χ0n) is 9.50. The number of ether oxygens (including phenoxy) is 1. The van der Waals surface area contributed by atoms with E-state index in [1.165, 1.54) is 12.7 Å². The molecule has 0 saturated heterocycles. The first-order valence-corrected chi connectivity index (χ1v) is 5.06. The maximum Gasteiger partial charge on any atom is 0.131 e. The molecule has 0 saturated carbocycles. The Hall–Kier alpha value is -1.97. The third kappa shape index (κ3) is 4.50. The van der Waals surface area contributed by atoms with Gasteiger partial charge in [-0.15, -0.1) is 0 Å². The Kier molecular flexibility index (Phi) is 5.55. The van der Waals surface area contributed by atoms with Crippen molar-refractivity contribution < 1.29 is 4.74 Å². The van der Waals surface area contributed by atoms with Gasteiger partial charge in [0.05, 0.1) is 7.11 Å². The summed E-state index contributed by atoms with van der Waals surface area (Å²) in [5, 5.41) is 0. The van der Waals surface area contributed by atoms with E-state index in [1.807, 2.05) is 37.3 Å². The van der Waals surface area contributed by atoms with Crippen LogP contribution in [0.2, 0.25) is 0 Å². The number of hydrogen-bond donors (Lipinski definition) is 0. The van der Waals surface area contributed by atoms with Crippen molar-refractivity contribution in [1.29, 1.82) is 0 Å². The minimum Gasteiger partial charge on any atom is -0.497 e. The lowest BCUT2D eigenvalue weighted by Crippen LogP contribution is -1.90. The minimum absolute atomic E-state index is 0.847. The molecule has 2 rings (SSSR count). The van der Waals surface area contributed by atoms with Crippen molar-refractivity contribution in [3.05, 3.63) is 48.8 Å². The van der Waals surface area contributed by atoms with Crippen molar-refractivity contribution in [2.45, 2.75) is 13.3 Å². The van der Waals surface area contributed by atoms with Gasteiger partial charge in [-0.05, 0) is 12.1 Å². The van der Waals surface area contributed by atoms with Crippen LogP contribution < -0.4 is 4.74 Å². The third-order valence-corrected chi connectivity index (χ3v) is 1.84. The maximum atomic E-state index is 4.91. The Balaban J connectivity index is 0.000000160. The van der Waals surface area contributed by atoms with Crippen LogP contribution in [0.4, 0.5) is 0 Å². The van der Waals surface area contributed by atoms with Gasteiger partial charge in [-0.3, -0.25) is 0 Å². The molecule has 84 valence electrons. The Morgan fingerprint density at radius 3 is 2.06 bits per heavy atom. The van der Waals surface area contributed by atoms with Crippen LogP contribution in [0.5, 0.6) is 5.75 Å². The standard InChI is InChI=1S/C7H8O.C5H7N3/c1-8-7-5-3-2-4-6-7;1-2-5-7-3-6-4-8-5/h2-6H,1H3;3-4H,2H2,1H3. The van der Waals surface area contributed by atoms with E-state index in [2.05, 4.69) is 15.0 Å². The van der Waals surface area contributed by atoms with E-state index in [1.54, 1.807) is 7.11 Å². The molecule has 0 aliphatic heterocycles. The van der Waals surface area contributed by atoms with Gasteiger partial charge in [0.25, 0.3) is 0 Å². The second-order valence-corrected chi connectivity index (χ2v) is 2.93. The lowest BCUT2D eigenvalue weighted by Gasteiger charge is -1.93. The van der Waals surface area contributed by atoms with E-state index in [9.17, 15) is 0 Å². The van der Waals surface area contributed by atoms with Crippen LogP contribution in [0.15, 0.2) is 43.0 Å². The Bertz CT molecular complexity index is 338. The zero-order chi connectivity index (χ0) is 11.6. The lowest BCUT2D eigenvalue weighted by molar-refractivity contribution is 0.415. The topological polar surface area (TPSA) is 47.9 Å². The van der Waals surface area contributed by atoms with Crippen molar-refractivity contribution in [2.75, 3.05) is 7.11 Å². The van der Waals surface area contributed by atoms with Crippen molar-refractivity contribution >= 4 is 0 Å². The fourth-order valence-electron chi connectivity index (χ4n) is 1.00. The number of benzene rings is 1. The molecule has 2 aromatic rings. The molecular formula is C12H15N3O. The van der Waals surface area contributed by atoms with Crippen LogP contribution in [0.25, 0.3) is 0 Å². The molecule has 0 spiro atoms. The molecule has 0 amide bonds. The average Bonchev–Trinajstić information content (AvgIpc) is 2.41. The summed E-state index contributed by atoms with van der Waals surface area (Å²) in [4.78, 5) is 11.4. The zero-order valence-corrected chi connectivity index (χ0v) is 9.50. The molecule has 1 aromatic heterocycles. The molecule has 16 heavy (non-hydrogen) atoms. The smallest absolute Gasteiger partial charge is 0.131 e. The SMILES string of the molecule is CCc1ncncn1.COc1ccccc1. The molecule has 0 radical (unpaired) electrons. The largest absolute Gasteiger partial charge is 0.497 e. The summed E-state index contributed by atoms with van der Waals surface area (Å²) in [6.45, 7) is 2.01. The summed E-state index contributed by atoms with van der Waals surface area (Å²) < 4.78 is 4.91. The van der Waals surface area contributed by atoms with Crippen LogP contribution in [0.1, 0.15) is 12.7 Å². The van der Waals surface area contributed by atoms with Gasteiger partial charge >= 0.3 is 0 Å². The summed E-state index contributed by atoms with van der Waals surface area (Å²) >= 11 is 0. The molecule has 4 nitrogen and oxygen atoms in total. The van der Waals surface area contributed by atoms with Gasteiger partial charge in [-0.1, -0.05) is 25.1 Å². The van der Waals surface area contributed by atoms with E-state index in [-0.39, 0.29) is 0 Å². The first-order valence-electron chi connectivity index (χ1n) is 5.06. The number of rotatable bonds is 2. The predicted octanol–water partition coefficient (Wildman–Crippen LogP) is 2.13. The van der Waals surface area contributed by atoms with Crippen LogP contribution in [-0.4, -0.2) is 22.1 Å². The first-order chi connectivity index (χ1) is 7.86. The summed E-state index contributed by atoms with van der Waals surface area (Å²) in [6.07, 6.45) is 3.89. The van der Waals surface area contributed by atoms with Crippen molar-refractivity contribution in [1.82, 2.24) is 15.0 Å². The highest BCUT2D eigenvalue weighted by Crippen LogP contribution is 2.05. The van der Waals surface area contributed by atoms with Gasteiger partial charge in [0, 0.05) is 6.42 Å². The molecule has 1 aromatic carbocycles. The summed E-state index contributed by atoms with van der Waals surface area (Å²) in [6, 6.07) is 9.68. The lowest BCUT2D eigenvalue weighted by atomic mass is 10.3. The molecule has 0 aliphatic rings. The van der Waals surface area contributed by atoms with Crippen LogP contribution in [0.3, 0.4) is 0 Å². The van der Waals surface area contributed by atoms with Gasteiger partial charge in [0.2, 0.25) is 0 Å². The van der Waals surface area contributed by atoms with Crippen molar-refractivity contribution in [2.24, 2.45) is 0 Å². The molecule has 0 fully saturated rings. The Labute approximate surface area is 95.4 Å². The van der Waals surface area contributed by atoms with Crippen LogP contribution >= 0.6 is 0 Å². The number of para-hydroxylation sites is 1. The molecule has 0 N–H and O–H groups in total. The third-order valence-electron chi connectivity index (χ3n) is 1.84. The van der Waals surface area contributed by atoms with E-state index < -0.39 is 0 Å². The van der Waals surface area contributed by atoms with E-state index >= 15 is 0 Å². The second kappa shape index (κ2) is 7.34. The molecule has 0 aliphatic carbocycles. The molecular weight excluding hydrogens is 202 g/mol. The summed E-state index contributed by atoms with van der Waals surface area (Å²) in [5.74, 6) is 1.76. The molecule has 0 unspecified atom stereocenters. The number of aryl methyl sites for hydroxylation is 1. The van der Waals surface area contributed by atoms with Gasteiger partial charge in [-0.2, -0.15) is 0 Å². The molecule has 0 bridgehead atoms. The van der Waals surface area contributed by atoms with Crippen molar-refractivity contribution in [3.8, 4) is 5.75 Å². The number of hydrogen-bond acceptors (Lipinski definition) is 4. The molecule has 0 atom stereocenters. The van der Waals surface area contributed by atoms with Gasteiger partial charge in [0.1, 0.15) is 24.2 Å². The predicted molar refractivity (Wildman–Crippen MR) is 62.2 cm³/mol. The molecule has 1 heterocycles. The summed E-state index contributed by atoms with van der Waals surface area (Å²) in [7, 11) is 1.66. The van der Waals surface area contributed by atoms with Gasteiger partial charge in [0.15, 0.2) is 0 Å². The van der Waals surface area contributed by atoms with E-state index in [4.69, 9.17) is 4.74 Å². The maximum absolute atomic E-state index is 4.91. The average molecular weight is 217 g/mol. The Morgan fingerprint density at radius 2 is 1.69 bits per heavy atom. The number of nitrogens with zero attached hydrogens (tertiary/aromatic N) is 3. The number of methoxy groups -OCH3 is 1. The molecule has 4 heteroatoms. The van der Waals surface area contributed by atoms with Gasteiger partial charge < -0.3 is 4.74 Å². The second-order valence-electron chi connectivity index (χ2n) is 2.93. The highest BCUT2D eigenvalue weighted by Gasteiger charge is 1.84. The van der Waals surface area contributed by atoms with E-state index in [0.717, 1.165) is 18.0 Å². The fraction of sp³-hybridized carbons (Fsp3) is 0.250. The summed E-state index contributed by atoms with van der Waals surface area (Å²) in [5.41, 5.74) is 0. The monoisotopic (exact) mass is 217 g/mol. The fourth-order valence-corrected chi connectivity index (χ4v) is 1.00. The van der Waals surface area contributed by atoms with Crippen LogP contribution in [-0.2, 0) is 6.42 Å². The Morgan fingerprint density at radius 1 is 1.06 bits per heavy atom. The van der Waals surface area contributed by atoms with Gasteiger partial charge in [-0.25, -0.2) is 15.0 Å². The van der Waals surface area contributed by atoms with E-state index in [0.29, 0.717) is 0 Å². The first kappa shape index (κ1) is 12.1. The highest BCUT2D eigenvalue weighted by atomic mass is 16.5.